The van der Waals surface area contributed by atoms with E-state index in [0.717, 1.165) is 34.3 Å². The summed E-state index contributed by atoms with van der Waals surface area (Å²) in [5.41, 5.74) is 4.19. The van der Waals surface area contributed by atoms with Crippen LogP contribution in [0, 0.1) is 0 Å². The Balaban J connectivity index is 1.78. The standard InChI is InChI=1S/C24H25ClN2O3/c1-4-13-29-18-8-5-16(6-9-18)23-22-19(11-12-27(23)24(28)30-15(2)3)20-14-17(25)7-10-21(20)26-22/h4-10,14-15,23,26H,1,11-13H2,2-3H3. The summed E-state index contributed by atoms with van der Waals surface area (Å²) in [4.78, 5) is 18.2. The van der Waals surface area contributed by atoms with Crippen LogP contribution in [0.15, 0.2) is 55.1 Å². The molecular formula is C24H25ClN2O3. The number of carbonyl (C=O) groups excluding carboxylic acids is 1. The number of halogens is 1. The molecule has 0 radical (unpaired) electrons. The summed E-state index contributed by atoms with van der Waals surface area (Å²) in [6.07, 6.45) is 1.94. The first-order chi connectivity index (χ1) is 14.5. The number of benzene rings is 2. The lowest BCUT2D eigenvalue weighted by Crippen LogP contribution is -2.41. The van der Waals surface area contributed by atoms with Gasteiger partial charge >= 0.3 is 6.09 Å². The number of carbonyl (C=O) groups is 1. The van der Waals surface area contributed by atoms with Crippen molar-refractivity contribution in [3.63, 3.8) is 0 Å². The first kappa shape index (κ1) is 20.4. The van der Waals surface area contributed by atoms with E-state index in [0.29, 0.717) is 18.2 Å². The van der Waals surface area contributed by atoms with Crippen molar-refractivity contribution in [3.8, 4) is 5.75 Å². The summed E-state index contributed by atoms with van der Waals surface area (Å²) in [6, 6.07) is 13.4. The fraction of sp³-hybridized carbons (Fsp3) is 0.292. The molecule has 0 spiro atoms. The van der Waals surface area contributed by atoms with Crippen molar-refractivity contribution < 1.29 is 14.3 Å². The Hall–Kier alpha value is -2.92. The van der Waals surface area contributed by atoms with E-state index in [9.17, 15) is 4.79 Å². The Kier molecular flexibility index (Phi) is 5.73. The van der Waals surface area contributed by atoms with Crippen LogP contribution in [0.4, 0.5) is 4.79 Å². The van der Waals surface area contributed by atoms with Crippen molar-refractivity contribution in [2.45, 2.75) is 32.4 Å². The van der Waals surface area contributed by atoms with Gasteiger partial charge in [0, 0.05) is 28.2 Å². The minimum absolute atomic E-state index is 0.184. The summed E-state index contributed by atoms with van der Waals surface area (Å²) in [5.74, 6) is 0.759. The third kappa shape index (κ3) is 3.90. The fourth-order valence-corrected chi connectivity index (χ4v) is 4.15. The second kappa shape index (κ2) is 8.44. The van der Waals surface area contributed by atoms with E-state index in [-0.39, 0.29) is 18.2 Å². The minimum atomic E-state index is -0.315. The number of hydrogen-bond donors (Lipinski definition) is 1. The number of hydrogen-bond acceptors (Lipinski definition) is 3. The average molecular weight is 425 g/mol. The topological polar surface area (TPSA) is 54.6 Å². The summed E-state index contributed by atoms with van der Waals surface area (Å²) in [7, 11) is 0. The highest BCUT2D eigenvalue weighted by atomic mass is 35.5. The largest absolute Gasteiger partial charge is 0.490 e. The lowest BCUT2D eigenvalue weighted by atomic mass is 9.92. The molecule has 156 valence electrons. The highest BCUT2D eigenvalue weighted by Gasteiger charge is 2.35. The second-order valence-corrected chi connectivity index (χ2v) is 8.09. The molecule has 0 bridgehead atoms. The van der Waals surface area contributed by atoms with Gasteiger partial charge in [0.15, 0.2) is 0 Å². The predicted molar refractivity (Wildman–Crippen MR) is 119 cm³/mol. The molecule has 1 unspecified atom stereocenters. The van der Waals surface area contributed by atoms with Crippen LogP contribution in [0.25, 0.3) is 10.9 Å². The number of nitrogens with zero attached hydrogens (tertiary/aromatic N) is 1. The molecule has 0 aliphatic carbocycles. The zero-order chi connectivity index (χ0) is 21.3. The van der Waals surface area contributed by atoms with Crippen molar-refractivity contribution >= 4 is 28.6 Å². The maximum atomic E-state index is 12.9. The number of H-pyrrole nitrogens is 1. The van der Waals surface area contributed by atoms with E-state index in [4.69, 9.17) is 21.1 Å². The van der Waals surface area contributed by atoms with Crippen molar-refractivity contribution in [2.75, 3.05) is 13.2 Å². The van der Waals surface area contributed by atoms with Crippen LogP contribution in [0.3, 0.4) is 0 Å². The number of rotatable bonds is 5. The van der Waals surface area contributed by atoms with Gasteiger partial charge in [-0.3, -0.25) is 4.90 Å². The summed E-state index contributed by atoms with van der Waals surface area (Å²) >= 11 is 6.25. The Morgan fingerprint density at radius 2 is 2.07 bits per heavy atom. The van der Waals surface area contributed by atoms with E-state index in [1.807, 2.05) is 56.3 Å². The third-order valence-corrected chi connectivity index (χ3v) is 5.46. The quantitative estimate of drug-likeness (QED) is 0.520. The molecule has 1 aromatic heterocycles. The normalized spacial score (nSPS) is 15.9. The van der Waals surface area contributed by atoms with E-state index in [1.54, 1.807) is 11.0 Å². The van der Waals surface area contributed by atoms with Crippen molar-refractivity contribution in [3.05, 3.63) is 77.0 Å². The second-order valence-electron chi connectivity index (χ2n) is 7.65. The van der Waals surface area contributed by atoms with E-state index < -0.39 is 0 Å². The van der Waals surface area contributed by atoms with Crippen LogP contribution in [-0.2, 0) is 11.2 Å². The van der Waals surface area contributed by atoms with Gasteiger partial charge in [0.25, 0.3) is 0 Å². The number of ether oxygens (including phenoxy) is 2. The van der Waals surface area contributed by atoms with Gasteiger partial charge < -0.3 is 14.5 Å². The van der Waals surface area contributed by atoms with Crippen LogP contribution < -0.4 is 4.74 Å². The van der Waals surface area contributed by atoms with Crippen LogP contribution in [0.1, 0.15) is 36.7 Å². The fourth-order valence-electron chi connectivity index (χ4n) is 3.97. The monoisotopic (exact) mass is 424 g/mol. The Labute approximate surface area is 181 Å². The van der Waals surface area contributed by atoms with Crippen molar-refractivity contribution in [1.82, 2.24) is 9.88 Å². The Bertz CT molecular complexity index is 1070. The minimum Gasteiger partial charge on any atom is -0.490 e. The van der Waals surface area contributed by atoms with Crippen LogP contribution >= 0.6 is 11.6 Å². The van der Waals surface area contributed by atoms with Gasteiger partial charge in [-0.1, -0.05) is 36.4 Å². The predicted octanol–water partition coefficient (Wildman–Crippen LogP) is 5.88. The van der Waals surface area contributed by atoms with E-state index in [2.05, 4.69) is 11.6 Å². The molecule has 1 aliphatic rings. The van der Waals surface area contributed by atoms with Gasteiger partial charge in [-0.25, -0.2) is 4.79 Å². The molecule has 0 saturated carbocycles. The first-order valence-corrected chi connectivity index (χ1v) is 10.5. The lowest BCUT2D eigenvalue weighted by Gasteiger charge is -2.36. The van der Waals surface area contributed by atoms with Gasteiger partial charge in [-0.15, -0.1) is 0 Å². The molecule has 1 aliphatic heterocycles. The lowest BCUT2D eigenvalue weighted by molar-refractivity contribution is 0.0655. The average Bonchev–Trinajstić information content (AvgIpc) is 3.09. The van der Waals surface area contributed by atoms with E-state index in [1.165, 1.54) is 5.56 Å². The smallest absolute Gasteiger partial charge is 0.410 e. The highest BCUT2D eigenvalue weighted by molar-refractivity contribution is 6.31. The van der Waals surface area contributed by atoms with Crippen LogP contribution in [0.5, 0.6) is 5.75 Å². The molecule has 3 aromatic rings. The summed E-state index contributed by atoms with van der Waals surface area (Å²) in [6.45, 7) is 8.41. The Morgan fingerprint density at radius 3 is 2.77 bits per heavy atom. The van der Waals surface area contributed by atoms with Crippen LogP contribution in [0.2, 0.25) is 5.02 Å². The first-order valence-electron chi connectivity index (χ1n) is 10.1. The third-order valence-electron chi connectivity index (χ3n) is 5.22. The molecule has 30 heavy (non-hydrogen) atoms. The number of aromatic amines is 1. The van der Waals surface area contributed by atoms with Crippen molar-refractivity contribution in [2.24, 2.45) is 0 Å². The molecule has 4 rings (SSSR count). The molecule has 1 N–H and O–H groups in total. The van der Waals surface area contributed by atoms with Crippen LogP contribution in [-0.4, -0.2) is 35.2 Å². The molecule has 2 aromatic carbocycles. The van der Waals surface area contributed by atoms with Crippen molar-refractivity contribution in [1.29, 1.82) is 0 Å². The SMILES string of the molecule is C=CCOc1ccc(C2c3[nH]c4ccc(Cl)cc4c3CCN2C(=O)OC(C)C)cc1. The van der Waals surface area contributed by atoms with Gasteiger partial charge in [0.05, 0.1) is 6.10 Å². The maximum Gasteiger partial charge on any atom is 0.410 e. The summed E-state index contributed by atoms with van der Waals surface area (Å²) < 4.78 is 11.2. The summed E-state index contributed by atoms with van der Waals surface area (Å²) in [5, 5.41) is 1.80. The number of nitrogens with one attached hydrogen (secondary N) is 1. The van der Waals surface area contributed by atoms with Gasteiger partial charge in [-0.05, 0) is 61.7 Å². The molecule has 2 heterocycles. The van der Waals surface area contributed by atoms with Gasteiger partial charge in [0.1, 0.15) is 18.4 Å². The molecule has 0 fully saturated rings. The van der Waals surface area contributed by atoms with Gasteiger partial charge in [0.2, 0.25) is 0 Å². The van der Waals surface area contributed by atoms with E-state index >= 15 is 0 Å². The molecule has 5 nitrogen and oxygen atoms in total. The zero-order valence-corrected chi connectivity index (χ0v) is 17.9. The zero-order valence-electron chi connectivity index (χ0n) is 17.2. The molecule has 6 heteroatoms. The number of aromatic nitrogens is 1. The number of amides is 1. The Morgan fingerprint density at radius 1 is 1.30 bits per heavy atom. The maximum absolute atomic E-state index is 12.9. The number of fused-ring (bicyclic) bond motifs is 3. The molecule has 0 saturated heterocycles. The van der Waals surface area contributed by atoms with Gasteiger partial charge in [-0.2, -0.15) is 0 Å². The highest BCUT2D eigenvalue weighted by Crippen LogP contribution is 2.39. The molecule has 1 amide bonds. The molecule has 1 atom stereocenters. The molecular weight excluding hydrogens is 400 g/mol.